The van der Waals surface area contributed by atoms with Crippen LogP contribution in [-0.2, 0) is 0 Å². The summed E-state index contributed by atoms with van der Waals surface area (Å²) in [4.78, 5) is 4.58. The van der Waals surface area contributed by atoms with Crippen LogP contribution in [0.5, 0.6) is 0 Å². The van der Waals surface area contributed by atoms with E-state index < -0.39 is 0 Å². The van der Waals surface area contributed by atoms with Crippen LogP contribution < -0.4 is 11.1 Å². The summed E-state index contributed by atoms with van der Waals surface area (Å²) in [6.45, 7) is 6.07. The van der Waals surface area contributed by atoms with Gasteiger partial charge in [-0.3, -0.25) is 4.90 Å². The molecule has 0 atom stereocenters. The molecule has 112 valence electrons. The molecular formula is C13H40N4. The number of hydrogen-bond donors (Lipinski definition) is 2. The first kappa shape index (κ1) is 30.1. The van der Waals surface area contributed by atoms with E-state index >= 15 is 0 Å². The molecule has 0 amide bonds. The van der Waals surface area contributed by atoms with Crippen LogP contribution in [0.25, 0.3) is 0 Å². The molecule has 0 fully saturated rings. The van der Waals surface area contributed by atoms with Crippen molar-refractivity contribution in [1.29, 1.82) is 0 Å². The molecule has 3 N–H and O–H groups in total. The molecular weight excluding hydrogens is 212 g/mol. The van der Waals surface area contributed by atoms with Gasteiger partial charge in [-0.2, -0.15) is 0 Å². The summed E-state index contributed by atoms with van der Waals surface area (Å²) in [5.74, 6) is 0. The van der Waals surface area contributed by atoms with Gasteiger partial charge < -0.3 is 16.0 Å². The third-order valence-corrected chi connectivity index (χ3v) is 1.99. The van der Waals surface area contributed by atoms with Crippen LogP contribution in [-0.4, -0.2) is 70.2 Å². The van der Waals surface area contributed by atoms with Crippen LogP contribution >= 0.6 is 0 Å². The van der Waals surface area contributed by atoms with Gasteiger partial charge >= 0.3 is 0 Å². The van der Waals surface area contributed by atoms with E-state index in [0.717, 1.165) is 39.3 Å². The second-order valence-electron chi connectivity index (χ2n) is 3.54. The smallest absolute Gasteiger partial charge is 0.0110 e. The van der Waals surface area contributed by atoms with Crippen molar-refractivity contribution in [2.45, 2.75) is 29.7 Å². The number of rotatable bonds is 8. The molecule has 0 aromatic carbocycles. The van der Waals surface area contributed by atoms with Crippen LogP contribution in [0.15, 0.2) is 0 Å². The first-order valence-corrected chi connectivity index (χ1v) is 4.92. The lowest BCUT2D eigenvalue weighted by Crippen LogP contribution is -2.38. The first-order valence-electron chi connectivity index (χ1n) is 4.92. The predicted molar refractivity (Wildman–Crippen MR) is 84.9 cm³/mol. The first-order chi connectivity index (χ1) is 6.20. The van der Waals surface area contributed by atoms with Crippen molar-refractivity contribution >= 4 is 0 Å². The fourth-order valence-electron chi connectivity index (χ4n) is 1.13. The topological polar surface area (TPSA) is 44.5 Å². The van der Waals surface area contributed by atoms with E-state index in [9.17, 15) is 0 Å². The molecule has 0 aromatic rings. The Morgan fingerprint density at radius 3 is 1.76 bits per heavy atom. The van der Waals surface area contributed by atoms with E-state index in [0.29, 0.717) is 0 Å². The summed E-state index contributed by atoms with van der Waals surface area (Å²) in [5.41, 5.74) is 5.53. The Morgan fingerprint density at radius 2 is 1.41 bits per heavy atom. The standard InChI is InChI=1S/C9H24N4.4CH4/c1-11-5-7-13(6-4-10)9-8-12(2)3;;;;/h11H,4-10H2,1-3H3;4*1H4. The third kappa shape index (κ3) is 21.6. The number of nitrogens with two attached hydrogens (primary N) is 1. The van der Waals surface area contributed by atoms with E-state index in [1.807, 2.05) is 7.05 Å². The van der Waals surface area contributed by atoms with Crippen LogP contribution in [0.1, 0.15) is 29.7 Å². The van der Waals surface area contributed by atoms with Crippen LogP contribution in [0, 0.1) is 0 Å². The molecule has 0 rings (SSSR count). The van der Waals surface area contributed by atoms with Gasteiger partial charge in [-0.1, -0.05) is 29.7 Å². The lowest BCUT2D eigenvalue weighted by atomic mass is 10.4. The molecule has 0 saturated carbocycles. The van der Waals surface area contributed by atoms with Gasteiger partial charge in [0.15, 0.2) is 0 Å². The molecule has 4 nitrogen and oxygen atoms in total. The Hall–Kier alpha value is -0.160. The minimum absolute atomic E-state index is 0. The molecule has 0 aliphatic heterocycles. The van der Waals surface area contributed by atoms with Gasteiger partial charge in [0.1, 0.15) is 0 Å². The molecule has 0 saturated heterocycles. The number of nitrogens with zero attached hydrogens (tertiary/aromatic N) is 2. The lowest BCUT2D eigenvalue weighted by molar-refractivity contribution is 0.247. The molecule has 0 unspecified atom stereocenters. The zero-order valence-electron chi connectivity index (χ0n) is 9.21. The quantitative estimate of drug-likeness (QED) is 0.688. The minimum atomic E-state index is 0. The third-order valence-electron chi connectivity index (χ3n) is 1.99. The highest BCUT2D eigenvalue weighted by atomic mass is 15.2. The maximum absolute atomic E-state index is 5.53. The monoisotopic (exact) mass is 252 g/mol. The Labute approximate surface area is 112 Å². The molecule has 0 aliphatic carbocycles. The Kier molecular flexibility index (Phi) is 37.5. The highest BCUT2D eigenvalue weighted by molar-refractivity contribution is 4.61. The van der Waals surface area contributed by atoms with Crippen molar-refractivity contribution in [1.82, 2.24) is 15.1 Å². The molecule has 4 heteroatoms. The zero-order valence-corrected chi connectivity index (χ0v) is 9.21. The number of hydrogen-bond acceptors (Lipinski definition) is 4. The van der Waals surface area contributed by atoms with E-state index in [2.05, 4.69) is 29.2 Å². The Balaban J connectivity index is -0.000000120. The molecule has 0 bridgehead atoms. The highest BCUT2D eigenvalue weighted by Crippen LogP contribution is 1.86. The van der Waals surface area contributed by atoms with E-state index in [-0.39, 0.29) is 29.7 Å². The summed E-state index contributed by atoms with van der Waals surface area (Å²) >= 11 is 0. The van der Waals surface area contributed by atoms with Crippen molar-refractivity contribution in [2.75, 3.05) is 60.4 Å². The Bertz CT molecular complexity index is 108. The lowest BCUT2D eigenvalue weighted by Gasteiger charge is -2.23. The second kappa shape index (κ2) is 21.2. The largest absolute Gasteiger partial charge is 0.329 e. The van der Waals surface area contributed by atoms with Crippen LogP contribution in [0.3, 0.4) is 0 Å². The molecule has 0 spiro atoms. The SMILES string of the molecule is C.C.C.C.CNCCN(CCN)CCN(C)C. The van der Waals surface area contributed by atoms with Crippen molar-refractivity contribution in [3.8, 4) is 0 Å². The molecule has 0 heterocycles. The molecule has 0 radical (unpaired) electrons. The summed E-state index contributed by atoms with van der Waals surface area (Å²) in [7, 11) is 6.17. The molecule has 17 heavy (non-hydrogen) atoms. The van der Waals surface area contributed by atoms with Crippen molar-refractivity contribution < 1.29 is 0 Å². The Morgan fingerprint density at radius 1 is 0.882 bits per heavy atom. The number of likely N-dealkylation sites (N-methyl/N-ethyl adjacent to an activating group) is 2. The van der Waals surface area contributed by atoms with Gasteiger partial charge in [-0.25, -0.2) is 0 Å². The summed E-state index contributed by atoms with van der Waals surface area (Å²) in [6.07, 6.45) is 0. The maximum atomic E-state index is 5.53. The minimum Gasteiger partial charge on any atom is -0.329 e. The summed E-state index contributed by atoms with van der Waals surface area (Å²) in [6, 6.07) is 0. The van der Waals surface area contributed by atoms with Gasteiger partial charge in [-0.05, 0) is 21.1 Å². The maximum Gasteiger partial charge on any atom is 0.0110 e. The fourth-order valence-corrected chi connectivity index (χ4v) is 1.13. The van der Waals surface area contributed by atoms with Crippen LogP contribution in [0.4, 0.5) is 0 Å². The average Bonchev–Trinajstić information content (AvgIpc) is 2.09. The predicted octanol–water partition coefficient (Wildman–Crippen LogP) is 1.57. The second-order valence-corrected chi connectivity index (χ2v) is 3.54. The van der Waals surface area contributed by atoms with Crippen molar-refractivity contribution in [3.05, 3.63) is 0 Å². The van der Waals surface area contributed by atoms with Gasteiger partial charge in [0, 0.05) is 39.3 Å². The molecule has 0 aromatic heterocycles. The normalized spacial score (nSPS) is 8.82. The summed E-state index contributed by atoms with van der Waals surface area (Å²) in [5, 5.41) is 3.15. The molecule has 0 aliphatic rings. The fraction of sp³-hybridized carbons (Fsp3) is 1.00. The number of nitrogens with one attached hydrogen (secondary N) is 1. The van der Waals surface area contributed by atoms with E-state index in [1.165, 1.54) is 0 Å². The van der Waals surface area contributed by atoms with Crippen molar-refractivity contribution in [3.63, 3.8) is 0 Å². The highest BCUT2D eigenvalue weighted by Gasteiger charge is 2.02. The van der Waals surface area contributed by atoms with Gasteiger partial charge in [0.05, 0.1) is 0 Å². The zero-order chi connectivity index (χ0) is 10.1. The van der Waals surface area contributed by atoms with Crippen LogP contribution in [0.2, 0.25) is 0 Å². The van der Waals surface area contributed by atoms with E-state index in [1.54, 1.807) is 0 Å². The van der Waals surface area contributed by atoms with E-state index in [4.69, 9.17) is 5.73 Å². The summed E-state index contributed by atoms with van der Waals surface area (Å²) < 4.78 is 0. The average molecular weight is 252 g/mol. The van der Waals surface area contributed by atoms with Gasteiger partial charge in [0.2, 0.25) is 0 Å². The van der Waals surface area contributed by atoms with Gasteiger partial charge in [0.25, 0.3) is 0 Å². The van der Waals surface area contributed by atoms with Gasteiger partial charge in [-0.15, -0.1) is 0 Å². The van der Waals surface area contributed by atoms with Crippen molar-refractivity contribution in [2.24, 2.45) is 5.73 Å².